The van der Waals surface area contributed by atoms with Crippen LogP contribution in [-0.2, 0) is 14.3 Å². The normalized spacial score (nSPS) is 14.5. The number of nitrogens with zero attached hydrogens (tertiary/aromatic N) is 1. The first kappa shape index (κ1) is 21.0. The Bertz CT molecular complexity index is 1190. The van der Waals surface area contributed by atoms with Crippen LogP contribution in [0.25, 0.3) is 0 Å². The summed E-state index contributed by atoms with van der Waals surface area (Å²) in [5, 5.41) is 0. The largest absolute Gasteiger partial charge is 0.296 e. The molecule has 0 N–H and O–H groups in total. The first-order valence-corrected chi connectivity index (χ1v) is 11.3. The molecule has 1 heterocycles. The predicted octanol–water partition coefficient (Wildman–Crippen LogP) is 4.13. The topological polar surface area (TPSA) is 80.8 Å². The summed E-state index contributed by atoms with van der Waals surface area (Å²) in [6, 6.07) is 21.5. The van der Waals surface area contributed by atoms with Crippen molar-refractivity contribution in [3.05, 3.63) is 101 Å². The Morgan fingerprint density at radius 3 is 1.94 bits per heavy atom. The van der Waals surface area contributed by atoms with Crippen LogP contribution in [-0.4, -0.2) is 31.7 Å². The van der Waals surface area contributed by atoms with E-state index in [1.807, 2.05) is 37.3 Å². The highest BCUT2D eigenvalue weighted by Crippen LogP contribution is 2.33. The first-order valence-electron chi connectivity index (χ1n) is 9.86. The van der Waals surface area contributed by atoms with Crippen molar-refractivity contribution in [3.8, 4) is 0 Å². The number of imide groups is 1. The summed E-state index contributed by atoms with van der Waals surface area (Å²) in [6.45, 7) is 1.69. The quantitative estimate of drug-likeness (QED) is 0.412. The second-order valence-corrected chi connectivity index (χ2v) is 8.95. The average molecular weight is 436 g/mol. The minimum absolute atomic E-state index is 0.0649. The van der Waals surface area contributed by atoms with Gasteiger partial charge in [0, 0.05) is 0 Å². The van der Waals surface area contributed by atoms with Gasteiger partial charge in [0.05, 0.1) is 28.7 Å². The van der Waals surface area contributed by atoms with Crippen LogP contribution in [0.3, 0.4) is 0 Å². The summed E-state index contributed by atoms with van der Waals surface area (Å²) in [6.07, 6.45) is 0.139. The molecule has 31 heavy (non-hydrogen) atoms. The lowest BCUT2D eigenvalue weighted by molar-refractivity contribution is 0.0563. The predicted molar refractivity (Wildman–Crippen MR) is 115 cm³/mol. The van der Waals surface area contributed by atoms with E-state index in [1.165, 1.54) is 17.0 Å². The molecule has 0 fully saturated rings. The Balaban J connectivity index is 1.57. The fourth-order valence-corrected chi connectivity index (χ4v) is 4.57. The van der Waals surface area contributed by atoms with E-state index in [0.717, 1.165) is 11.1 Å². The van der Waals surface area contributed by atoms with E-state index in [2.05, 4.69) is 0 Å². The zero-order chi connectivity index (χ0) is 22.0. The van der Waals surface area contributed by atoms with E-state index >= 15 is 0 Å². The molecule has 158 valence electrons. The molecular weight excluding hydrogens is 414 g/mol. The highest BCUT2D eigenvalue weighted by molar-refractivity contribution is 7.86. The van der Waals surface area contributed by atoms with Crippen LogP contribution in [0.2, 0.25) is 0 Å². The van der Waals surface area contributed by atoms with Gasteiger partial charge in [0.2, 0.25) is 0 Å². The van der Waals surface area contributed by atoms with Crippen LogP contribution in [0.5, 0.6) is 0 Å². The monoisotopic (exact) mass is 435 g/mol. The van der Waals surface area contributed by atoms with Crippen molar-refractivity contribution in [1.82, 2.24) is 4.90 Å². The number of amides is 2. The number of benzene rings is 3. The zero-order valence-electron chi connectivity index (χ0n) is 16.9. The molecule has 0 bridgehead atoms. The van der Waals surface area contributed by atoms with Gasteiger partial charge in [0.25, 0.3) is 21.9 Å². The Kier molecular flexibility index (Phi) is 5.71. The van der Waals surface area contributed by atoms with Gasteiger partial charge < -0.3 is 0 Å². The van der Waals surface area contributed by atoms with E-state index in [0.29, 0.717) is 11.1 Å². The van der Waals surface area contributed by atoms with E-state index in [4.69, 9.17) is 4.18 Å². The van der Waals surface area contributed by atoms with Gasteiger partial charge in [-0.2, -0.15) is 8.42 Å². The second kappa shape index (κ2) is 8.45. The summed E-state index contributed by atoms with van der Waals surface area (Å²) in [5.74, 6) is -0.785. The molecule has 3 aromatic carbocycles. The van der Waals surface area contributed by atoms with E-state index < -0.39 is 28.0 Å². The van der Waals surface area contributed by atoms with Gasteiger partial charge in [-0.1, -0.05) is 60.2 Å². The molecule has 0 aromatic heterocycles. The Labute approximate surface area is 181 Å². The molecule has 2 amide bonds. The summed E-state index contributed by atoms with van der Waals surface area (Å²) in [5.41, 5.74) is 2.37. The SMILES string of the molecule is Cc1ccc(S(=O)(=O)OCCC(c2ccccc2)N2C(=O)c3ccccc3C2=O)cc1. The molecule has 7 heteroatoms. The van der Waals surface area contributed by atoms with Crippen LogP contribution < -0.4 is 0 Å². The van der Waals surface area contributed by atoms with E-state index in [9.17, 15) is 18.0 Å². The zero-order valence-corrected chi connectivity index (χ0v) is 17.7. The third-order valence-electron chi connectivity index (χ3n) is 5.26. The number of hydrogen-bond acceptors (Lipinski definition) is 5. The van der Waals surface area contributed by atoms with Crippen molar-refractivity contribution in [1.29, 1.82) is 0 Å². The van der Waals surface area contributed by atoms with Gasteiger partial charge in [-0.15, -0.1) is 0 Å². The molecule has 0 spiro atoms. The third-order valence-corrected chi connectivity index (χ3v) is 6.59. The number of fused-ring (bicyclic) bond motifs is 1. The van der Waals surface area contributed by atoms with E-state index in [1.54, 1.807) is 36.4 Å². The number of rotatable bonds is 7. The molecule has 0 aliphatic carbocycles. The van der Waals surface area contributed by atoms with Crippen molar-refractivity contribution in [3.63, 3.8) is 0 Å². The fourth-order valence-electron chi connectivity index (χ4n) is 3.65. The number of carbonyl (C=O) groups excluding carboxylic acids is 2. The first-order chi connectivity index (χ1) is 14.9. The fraction of sp³-hybridized carbons (Fsp3) is 0.167. The Morgan fingerprint density at radius 2 is 1.35 bits per heavy atom. The summed E-state index contributed by atoms with van der Waals surface area (Å²) >= 11 is 0. The lowest BCUT2D eigenvalue weighted by atomic mass is 10.0. The van der Waals surface area contributed by atoms with Crippen molar-refractivity contribution in [2.45, 2.75) is 24.3 Å². The van der Waals surface area contributed by atoms with Crippen molar-refractivity contribution >= 4 is 21.9 Å². The Hall–Kier alpha value is -3.29. The summed E-state index contributed by atoms with van der Waals surface area (Å²) in [7, 11) is -3.95. The molecule has 1 unspecified atom stereocenters. The lowest BCUT2D eigenvalue weighted by Crippen LogP contribution is -2.35. The molecule has 4 rings (SSSR count). The highest BCUT2D eigenvalue weighted by Gasteiger charge is 2.40. The molecule has 1 atom stereocenters. The molecule has 6 nitrogen and oxygen atoms in total. The maximum atomic E-state index is 13.0. The maximum Gasteiger partial charge on any atom is 0.296 e. The van der Waals surface area contributed by atoms with Crippen molar-refractivity contribution < 1.29 is 22.2 Å². The van der Waals surface area contributed by atoms with Crippen molar-refractivity contribution in [2.75, 3.05) is 6.61 Å². The smallest absolute Gasteiger partial charge is 0.269 e. The van der Waals surface area contributed by atoms with Crippen LogP contribution in [0.15, 0.2) is 83.8 Å². The molecule has 1 aliphatic heterocycles. The molecular formula is C24H21NO5S. The van der Waals surface area contributed by atoms with Gasteiger partial charge in [0.15, 0.2) is 0 Å². The molecule has 0 saturated carbocycles. The van der Waals surface area contributed by atoms with E-state index in [-0.39, 0.29) is 17.9 Å². The lowest BCUT2D eigenvalue weighted by Gasteiger charge is -2.26. The van der Waals surface area contributed by atoms with Crippen molar-refractivity contribution in [2.24, 2.45) is 0 Å². The molecule has 0 saturated heterocycles. The maximum absolute atomic E-state index is 13.0. The third kappa shape index (κ3) is 4.15. The average Bonchev–Trinajstić information content (AvgIpc) is 3.03. The minimum atomic E-state index is -3.95. The van der Waals surface area contributed by atoms with Gasteiger partial charge >= 0.3 is 0 Å². The highest BCUT2D eigenvalue weighted by atomic mass is 32.2. The Morgan fingerprint density at radius 1 is 0.806 bits per heavy atom. The minimum Gasteiger partial charge on any atom is -0.269 e. The molecule has 1 aliphatic rings. The molecule has 3 aromatic rings. The number of aryl methyl sites for hydroxylation is 1. The van der Waals surface area contributed by atoms with Crippen LogP contribution >= 0.6 is 0 Å². The van der Waals surface area contributed by atoms with Crippen LogP contribution in [0.1, 0.15) is 44.3 Å². The van der Waals surface area contributed by atoms with Crippen LogP contribution in [0.4, 0.5) is 0 Å². The summed E-state index contributed by atoms with van der Waals surface area (Å²) in [4.78, 5) is 27.2. The van der Waals surface area contributed by atoms with Gasteiger partial charge in [-0.05, 0) is 43.2 Å². The van der Waals surface area contributed by atoms with Gasteiger partial charge in [-0.3, -0.25) is 18.7 Å². The summed E-state index contributed by atoms with van der Waals surface area (Å²) < 4.78 is 30.3. The van der Waals surface area contributed by atoms with Gasteiger partial charge in [-0.25, -0.2) is 0 Å². The van der Waals surface area contributed by atoms with Crippen LogP contribution in [0, 0.1) is 6.92 Å². The number of carbonyl (C=O) groups is 2. The molecule has 0 radical (unpaired) electrons. The second-order valence-electron chi connectivity index (χ2n) is 7.33. The number of hydrogen-bond donors (Lipinski definition) is 0. The standard InChI is InChI=1S/C24H21NO5S/c1-17-11-13-19(14-12-17)31(28,29)30-16-15-22(18-7-3-2-4-8-18)25-23(26)20-9-5-6-10-21(20)24(25)27/h2-14,22H,15-16H2,1H3. The van der Waals surface area contributed by atoms with Gasteiger partial charge in [0.1, 0.15) is 0 Å².